The van der Waals surface area contributed by atoms with Gasteiger partial charge < -0.3 is 20.3 Å². The summed E-state index contributed by atoms with van der Waals surface area (Å²) in [6.45, 7) is 7.51. The van der Waals surface area contributed by atoms with Crippen LogP contribution in [0.5, 0.6) is 0 Å². The first kappa shape index (κ1) is 21.4. The molecule has 1 aliphatic heterocycles. The molecule has 2 N–H and O–H groups in total. The number of amides is 2. The maximum Gasteiger partial charge on any atom is 0.408 e. The summed E-state index contributed by atoms with van der Waals surface area (Å²) in [5.41, 5.74) is -0.348. The van der Waals surface area contributed by atoms with Crippen LogP contribution in [0.15, 0.2) is 12.1 Å². The number of carbonyl (C=O) groups excluding carboxylic acids is 2. The number of halogens is 2. The Kier molecular flexibility index (Phi) is 6.44. The third-order valence-electron chi connectivity index (χ3n) is 4.16. The fourth-order valence-electron chi connectivity index (χ4n) is 2.86. The van der Waals surface area contributed by atoms with Crippen molar-refractivity contribution in [2.24, 2.45) is 0 Å². The van der Waals surface area contributed by atoms with E-state index in [1.54, 1.807) is 25.7 Å². The van der Waals surface area contributed by atoms with Crippen molar-refractivity contribution in [3.8, 4) is 6.07 Å². The zero-order valence-corrected chi connectivity index (χ0v) is 16.3. The highest BCUT2D eigenvalue weighted by atomic mass is 19.2. The summed E-state index contributed by atoms with van der Waals surface area (Å²) in [5.74, 6) is -2.49. The number of hydrogen-bond donors (Lipinski definition) is 2. The molecule has 1 aromatic rings. The molecule has 28 heavy (non-hydrogen) atoms. The molecule has 0 bridgehead atoms. The second-order valence-electron chi connectivity index (χ2n) is 7.70. The van der Waals surface area contributed by atoms with Crippen LogP contribution in [-0.2, 0) is 9.53 Å². The normalized spacial score (nSPS) is 17.6. The molecule has 0 radical (unpaired) electrons. The predicted octanol–water partition coefficient (Wildman–Crippen LogP) is 2.44. The van der Waals surface area contributed by atoms with Gasteiger partial charge in [0.1, 0.15) is 17.7 Å². The largest absolute Gasteiger partial charge is 0.444 e. The molecule has 1 aromatic carbocycles. The Morgan fingerprint density at radius 2 is 1.96 bits per heavy atom. The number of alkyl carbamates (subject to hydrolysis) is 1. The lowest BCUT2D eigenvalue weighted by Crippen LogP contribution is -2.49. The minimum absolute atomic E-state index is 0.0332. The van der Waals surface area contributed by atoms with Crippen molar-refractivity contribution in [1.82, 2.24) is 10.6 Å². The van der Waals surface area contributed by atoms with E-state index in [9.17, 15) is 18.4 Å². The molecular weight excluding hydrogens is 370 g/mol. The van der Waals surface area contributed by atoms with Gasteiger partial charge in [0.25, 0.3) is 0 Å². The Morgan fingerprint density at radius 3 is 2.57 bits per heavy atom. The smallest absolute Gasteiger partial charge is 0.408 e. The molecule has 2 amide bonds. The SMILES string of the molecule is CC(NC(=O)OC(C)(C)C)C(=O)NC1CCN(c2cc(F)c(F)cc2C#N)C1. The van der Waals surface area contributed by atoms with E-state index in [-0.39, 0.29) is 23.2 Å². The van der Waals surface area contributed by atoms with E-state index in [1.807, 2.05) is 6.07 Å². The van der Waals surface area contributed by atoms with Crippen LogP contribution in [0.2, 0.25) is 0 Å². The zero-order valence-electron chi connectivity index (χ0n) is 16.3. The average molecular weight is 394 g/mol. The first-order chi connectivity index (χ1) is 13.0. The summed E-state index contributed by atoms with van der Waals surface area (Å²) in [6, 6.07) is 2.65. The van der Waals surface area contributed by atoms with Gasteiger partial charge in [0, 0.05) is 25.2 Å². The summed E-state index contributed by atoms with van der Waals surface area (Å²) in [6.07, 6.45) is -0.127. The summed E-state index contributed by atoms with van der Waals surface area (Å²) in [7, 11) is 0. The first-order valence-electron chi connectivity index (χ1n) is 8.94. The monoisotopic (exact) mass is 394 g/mol. The molecule has 1 heterocycles. The van der Waals surface area contributed by atoms with Gasteiger partial charge in [0.2, 0.25) is 5.91 Å². The Morgan fingerprint density at radius 1 is 1.32 bits per heavy atom. The zero-order chi connectivity index (χ0) is 21.1. The number of nitrogens with zero attached hydrogens (tertiary/aromatic N) is 2. The summed E-state index contributed by atoms with van der Waals surface area (Å²) < 4.78 is 32.0. The Hall–Kier alpha value is -2.89. The molecule has 1 fully saturated rings. The lowest BCUT2D eigenvalue weighted by molar-refractivity contribution is -0.123. The Bertz CT molecular complexity index is 802. The highest BCUT2D eigenvalue weighted by Gasteiger charge is 2.28. The molecule has 0 aliphatic carbocycles. The van der Waals surface area contributed by atoms with Crippen LogP contribution in [0.3, 0.4) is 0 Å². The minimum atomic E-state index is -1.08. The number of nitrogens with one attached hydrogen (secondary N) is 2. The average Bonchev–Trinajstić information content (AvgIpc) is 3.03. The van der Waals surface area contributed by atoms with Crippen LogP contribution in [0.25, 0.3) is 0 Å². The lowest BCUT2D eigenvalue weighted by Gasteiger charge is -2.23. The molecular formula is C19H24F2N4O3. The van der Waals surface area contributed by atoms with Crippen LogP contribution >= 0.6 is 0 Å². The molecule has 7 nitrogen and oxygen atoms in total. The molecule has 152 valence electrons. The number of benzene rings is 1. The van der Waals surface area contributed by atoms with Crippen LogP contribution in [0.4, 0.5) is 19.3 Å². The van der Waals surface area contributed by atoms with E-state index in [1.165, 1.54) is 6.92 Å². The molecule has 1 aliphatic rings. The molecule has 0 saturated carbocycles. The summed E-state index contributed by atoms with van der Waals surface area (Å²) >= 11 is 0. The third kappa shape index (κ3) is 5.55. The number of carbonyl (C=O) groups is 2. The van der Waals surface area contributed by atoms with Gasteiger partial charge in [0.15, 0.2) is 11.6 Å². The van der Waals surface area contributed by atoms with Crippen molar-refractivity contribution in [2.75, 3.05) is 18.0 Å². The van der Waals surface area contributed by atoms with Crippen molar-refractivity contribution in [3.63, 3.8) is 0 Å². The fraction of sp³-hybridized carbons (Fsp3) is 0.526. The second-order valence-corrected chi connectivity index (χ2v) is 7.70. The molecule has 2 rings (SSSR count). The number of ether oxygens (including phenoxy) is 1. The van der Waals surface area contributed by atoms with Gasteiger partial charge in [0.05, 0.1) is 11.3 Å². The maximum absolute atomic E-state index is 13.6. The molecule has 9 heteroatoms. The third-order valence-corrected chi connectivity index (χ3v) is 4.16. The number of nitriles is 1. The molecule has 2 atom stereocenters. The quantitative estimate of drug-likeness (QED) is 0.818. The Balaban J connectivity index is 1.94. The van der Waals surface area contributed by atoms with E-state index in [0.29, 0.717) is 19.5 Å². The van der Waals surface area contributed by atoms with Crippen molar-refractivity contribution in [2.45, 2.75) is 51.8 Å². The van der Waals surface area contributed by atoms with Gasteiger partial charge in [-0.25, -0.2) is 13.6 Å². The van der Waals surface area contributed by atoms with Crippen molar-refractivity contribution in [1.29, 1.82) is 5.26 Å². The lowest BCUT2D eigenvalue weighted by atomic mass is 10.1. The molecule has 0 spiro atoms. The standard InChI is InChI=1S/C19H24F2N4O3/c1-11(23-18(27)28-19(2,3)4)17(26)24-13-5-6-25(10-13)16-8-15(21)14(20)7-12(16)9-22/h7-8,11,13H,5-6,10H2,1-4H3,(H,23,27)(H,24,26). The van der Waals surface area contributed by atoms with Gasteiger partial charge in [-0.15, -0.1) is 0 Å². The highest BCUT2D eigenvalue weighted by Crippen LogP contribution is 2.27. The van der Waals surface area contributed by atoms with E-state index < -0.39 is 29.4 Å². The van der Waals surface area contributed by atoms with Crippen molar-refractivity contribution >= 4 is 17.7 Å². The van der Waals surface area contributed by atoms with Crippen LogP contribution < -0.4 is 15.5 Å². The number of rotatable bonds is 4. The van der Waals surface area contributed by atoms with Crippen LogP contribution in [0, 0.1) is 23.0 Å². The van der Waals surface area contributed by atoms with Crippen molar-refractivity contribution in [3.05, 3.63) is 29.3 Å². The molecule has 2 unspecified atom stereocenters. The number of anilines is 1. The van der Waals surface area contributed by atoms with E-state index in [0.717, 1.165) is 12.1 Å². The molecule has 1 saturated heterocycles. The first-order valence-corrected chi connectivity index (χ1v) is 8.94. The van der Waals surface area contributed by atoms with E-state index >= 15 is 0 Å². The van der Waals surface area contributed by atoms with Gasteiger partial charge in [-0.3, -0.25) is 4.79 Å². The Labute approximate surface area is 162 Å². The van der Waals surface area contributed by atoms with Gasteiger partial charge in [-0.1, -0.05) is 0 Å². The van der Waals surface area contributed by atoms with Crippen molar-refractivity contribution < 1.29 is 23.1 Å². The van der Waals surface area contributed by atoms with E-state index in [2.05, 4.69) is 10.6 Å². The maximum atomic E-state index is 13.6. The van der Waals surface area contributed by atoms with Crippen LogP contribution in [0.1, 0.15) is 39.7 Å². The predicted molar refractivity (Wildman–Crippen MR) is 98.7 cm³/mol. The molecule has 0 aromatic heterocycles. The van der Waals surface area contributed by atoms with Gasteiger partial charge in [-0.2, -0.15) is 5.26 Å². The van der Waals surface area contributed by atoms with E-state index in [4.69, 9.17) is 10.00 Å². The highest BCUT2D eigenvalue weighted by molar-refractivity contribution is 5.85. The fourth-order valence-corrected chi connectivity index (χ4v) is 2.86. The minimum Gasteiger partial charge on any atom is -0.444 e. The van der Waals surface area contributed by atoms with Gasteiger partial charge in [-0.05, 0) is 40.2 Å². The second kappa shape index (κ2) is 8.42. The number of hydrogen-bond acceptors (Lipinski definition) is 5. The van der Waals surface area contributed by atoms with Gasteiger partial charge >= 0.3 is 6.09 Å². The van der Waals surface area contributed by atoms with Crippen LogP contribution in [-0.4, -0.2) is 42.8 Å². The topological polar surface area (TPSA) is 94.5 Å². The summed E-state index contributed by atoms with van der Waals surface area (Å²) in [4.78, 5) is 25.8. The summed E-state index contributed by atoms with van der Waals surface area (Å²) in [5, 5.41) is 14.4.